The molecule has 1 aromatic rings. The summed E-state index contributed by atoms with van der Waals surface area (Å²) in [6.07, 6.45) is 7.39. The highest BCUT2D eigenvalue weighted by molar-refractivity contribution is 5.67. The summed E-state index contributed by atoms with van der Waals surface area (Å²) in [6, 6.07) is 5.97. The maximum absolute atomic E-state index is 9.03. The number of fused-ring (bicyclic) bond motifs is 1. The standard InChI is InChI=1S/C16H17NO/c1-11(3-4-12(2)18)13-5-6-15-10-16(17)8-7-14(15)9-13/h3-4,7-10,18H,1-2,5-6,17H2/b4-3-. The highest BCUT2D eigenvalue weighted by atomic mass is 16.3. The summed E-state index contributed by atoms with van der Waals surface area (Å²) in [5.41, 5.74) is 11.1. The van der Waals surface area contributed by atoms with Crippen molar-refractivity contribution in [2.45, 2.75) is 12.8 Å². The van der Waals surface area contributed by atoms with Crippen LogP contribution in [-0.2, 0) is 6.42 Å². The Morgan fingerprint density at radius 2 is 2.00 bits per heavy atom. The van der Waals surface area contributed by atoms with Crippen LogP contribution in [0.1, 0.15) is 17.5 Å². The number of anilines is 1. The minimum atomic E-state index is 0.0423. The van der Waals surface area contributed by atoms with Crippen molar-refractivity contribution < 1.29 is 5.11 Å². The van der Waals surface area contributed by atoms with Crippen LogP contribution in [-0.4, -0.2) is 5.11 Å². The van der Waals surface area contributed by atoms with E-state index in [4.69, 9.17) is 10.8 Å². The van der Waals surface area contributed by atoms with Crippen LogP contribution in [0.15, 0.2) is 60.4 Å². The molecule has 0 aliphatic heterocycles. The summed E-state index contributed by atoms with van der Waals surface area (Å²) in [5, 5.41) is 9.03. The molecule has 0 aromatic heterocycles. The first-order chi connectivity index (χ1) is 8.56. The SMILES string of the molecule is C=C(O)/C=C\C(=C)C1=Cc2ccc(N)cc2CC1. The molecule has 0 heterocycles. The van der Waals surface area contributed by atoms with E-state index in [0.717, 1.165) is 24.1 Å². The monoisotopic (exact) mass is 239 g/mol. The Bertz CT molecular complexity index is 564. The molecule has 0 saturated carbocycles. The van der Waals surface area contributed by atoms with Crippen molar-refractivity contribution in [2.75, 3.05) is 5.73 Å². The van der Waals surface area contributed by atoms with Gasteiger partial charge in [0.15, 0.2) is 0 Å². The van der Waals surface area contributed by atoms with Crippen LogP contribution in [0.4, 0.5) is 5.69 Å². The van der Waals surface area contributed by atoms with Crippen molar-refractivity contribution in [3.05, 3.63) is 71.5 Å². The summed E-state index contributed by atoms with van der Waals surface area (Å²) >= 11 is 0. The minimum absolute atomic E-state index is 0.0423. The number of nitrogens with two attached hydrogens (primary N) is 1. The van der Waals surface area contributed by atoms with Gasteiger partial charge in [0, 0.05) is 5.69 Å². The van der Waals surface area contributed by atoms with E-state index in [1.807, 2.05) is 18.2 Å². The number of hydrogen-bond acceptors (Lipinski definition) is 2. The lowest BCUT2D eigenvalue weighted by Gasteiger charge is -2.17. The molecule has 0 amide bonds. The molecule has 0 spiro atoms. The predicted molar refractivity (Wildman–Crippen MR) is 77.2 cm³/mol. The Kier molecular flexibility index (Phi) is 3.38. The summed E-state index contributed by atoms with van der Waals surface area (Å²) in [6.45, 7) is 7.42. The summed E-state index contributed by atoms with van der Waals surface area (Å²) in [4.78, 5) is 0. The molecule has 0 radical (unpaired) electrons. The van der Waals surface area contributed by atoms with E-state index in [9.17, 15) is 0 Å². The van der Waals surface area contributed by atoms with Crippen molar-refractivity contribution in [2.24, 2.45) is 0 Å². The van der Waals surface area contributed by atoms with Crippen LogP contribution in [0, 0.1) is 0 Å². The summed E-state index contributed by atoms with van der Waals surface area (Å²) in [7, 11) is 0. The molecular weight excluding hydrogens is 222 g/mol. The lowest BCUT2D eigenvalue weighted by molar-refractivity contribution is 0.435. The van der Waals surface area contributed by atoms with E-state index in [-0.39, 0.29) is 5.76 Å². The smallest absolute Gasteiger partial charge is 0.108 e. The van der Waals surface area contributed by atoms with Gasteiger partial charge < -0.3 is 10.8 Å². The lowest BCUT2D eigenvalue weighted by atomic mass is 9.88. The highest BCUT2D eigenvalue weighted by Gasteiger charge is 2.11. The normalized spacial score (nSPS) is 14.1. The third-order valence-electron chi connectivity index (χ3n) is 3.05. The van der Waals surface area contributed by atoms with Gasteiger partial charge in [-0.2, -0.15) is 0 Å². The first-order valence-corrected chi connectivity index (χ1v) is 5.90. The second kappa shape index (κ2) is 4.96. The predicted octanol–water partition coefficient (Wildman–Crippen LogP) is 3.78. The average Bonchev–Trinajstić information content (AvgIpc) is 2.35. The third-order valence-corrected chi connectivity index (χ3v) is 3.05. The van der Waals surface area contributed by atoms with Crippen LogP contribution in [0.2, 0.25) is 0 Å². The highest BCUT2D eigenvalue weighted by Crippen LogP contribution is 2.29. The summed E-state index contributed by atoms with van der Waals surface area (Å²) < 4.78 is 0. The number of allylic oxidation sites excluding steroid dienone is 4. The number of aliphatic hydroxyl groups is 1. The molecule has 0 saturated heterocycles. The van der Waals surface area contributed by atoms with Gasteiger partial charge in [-0.1, -0.05) is 31.4 Å². The minimum Gasteiger partial charge on any atom is -0.509 e. The molecule has 2 heteroatoms. The van der Waals surface area contributed by atoms with Gasteiger partial charge >= 0.3 is 0 Å². The van der Waals surface area contributed by atoms with Gasteiger partial charge in [0.1, 0.15) is 5.76 Å². The van der Waals surface area contributed by atoms with Crippen molar-refractivity contribution in [3.63, 3.8) is 0 Å². The van der Waals surface area contributed by atoms with Crippen LogP contribution < -0.4 is 5.73 Å². The van der Waals surface area contributed by atoms with Crippen molar-refractivity contribution in [1.29, 1.82) is 0 Å². The van der Waals surface area contributed by atoms with Gasteiger partial charge in [0.2, 0.25) is 0 Å². The Balaban J connectivity index is 2.25. The van der Waals surface area contributed by atoms with Crippen molar-refractivity contribution >= 4 is 11.8 Å². The first-order valence-electron chi connectivity index (χ1n) is 5.90. The van der Waals surface area contributed by atoms with E-state index >= 15 is 0 Å². The number of hydrogen-bond donors (Lipinski definition) is 2. The first kappa shape index (κ1) is 12.2. The number of aliphatic hydroxyl groups excluding tert-OH is 1. The summed E-state index contributed by atoms with van der Waals surface area (Å²) in [5.74, 6) is 0.0423. The number of benzene rings is 1. The molecule has 0 bridgehead atoms. The fourth-order valence-electron chi connectivity index (χ4n) is 2.07. The zero-order valence-corrected chi connectivity index (χ0v) is 10.3. The second-order valence-electron chi connectivity index (χ2n) is 4.48. The molecular formula is C16H17NO. The largest absolute Gasteiger partial charge is 0.509 e. The molecule has 92 valence electrons. The molecule has 1 aliphatic rings. The quantitative estimate of drug-likeness (QED) is 0.479. The van der Waals surface area contributed by atoms with Crippen LogP contribution in [0.5, 0.6) is 0 Å². The number of rotatable bonds is 3. The molecule has 2 rings (SSSR count). The molecule has 0 unspecified atom stereocenters. The van der Waals surface area contributed by atoms with Crippen molar-refractivity contribution in [3.8, 4) is 0 Å². The van der Waals surface area contributed by atoms with E-state index in [1.165, 1.54) is 16.7 Å². The van der Waals surface area contributed by atoms with Gasteiger partial charge in [-0.05, 0) is 53.3 Å². The van der Waals surface area contributed by atoms with Crippen LogP contribution in [0.25, 0.3) is 6.08 Å². The third kappa shape index (κ3) is 2.72. The second-order valence-corrected chi connectivity index (χ2v) is 4.48. The fraction of sp³-hybridized carbons (Fsp3) is 0.125. The molecule has 18 heavy (non-hydrogen) atoms. The van der Waals surface area contributed by atoms with Crippen molar-refractivity contribution in [1.82, 2.24) is 0 Å². The van der Waals surface area contributed by atoms with Gasteiger partial charge in [-0.15, -0.1) is 0 Å². The molecule has 2 nitrogen and oxygen atoms in total. The number of aryl methyl sites for hydroxylation is 1. The maximum atomic E-state index is 9.03. The van der Waals surface area contributed by atoms with E-state index in [0.29, 0.717) is 0 Å². The van der Waals surface area contributed by atoms with E-state index in [2.05, 4.69) is 19.2 Å². The van der Waals surface area contributed by atoms with E-state index < -0.39 is 0 Å². The Morgan fingerprint density at radius 3 is 2.72 bits per heavy atom. The van der Waals surface area contributed by atoms with Gasteiger partial charge in [-0.3, -0.25) is 0 Å². The van der Waals surface area contributed by atoms with Gasteiger partial charge in [0.25, 0.3) is 0 Å². The molecule has 0 atom stereocenters. The van der Waals surface area contributed by atoms with E-state index in [1.54, 1.807) is 12.2 Å². The Labute approximate surface area is 107 Å². The molecule has 3 N–H and O–H groups in total. The Morgan fingerprint density at radius 1 is 1.22 bits per heavy atom. The molecule has 0 fully saturated rings. The van der Waals surface area contributed by atoms with Gasteiger partial charge in [-0.25, -0.2) is 0 Å². The Hall–Kier alpha value is -2.22. The fourth-order valence-corrected chi connectivity index (χ4v) is 2.07. The molecule has 1 aromatic carbocycles. The maximum Gasteiger partial charge on any atom is 0.108 e. The topological polar surface area (TPSA) is 46.2 Å². The molecule has 1 aliphatic carbocycles. The van der Waals surface area contributed by atoms with Gasteiger partial charge in [0.05, 0.1) is 0 Å². The number of nitrogen functional groups attached to an aromatic ring is 1. The average molecular weight is 239 g/mol. The lowest BCUT2D eigenvalue weighted by Crippen LogP contribution is -2.01. The van der Waals surface area contributed by atoms with Crippen LogP contribution >= 0.6 is 0 Å². The van der Waals surface area contributed by atoms with Crippen LogP contribution in [0.3, 0.4) is 0 Å². The zero-order valence-electron chi connectivity index (χ0n) is 10.3. The zero-order chi connectivity index (χ0) is 13.1.